The lowest BCUT2D eigenvalue weighted by Crippen LogP contribution is -2.28. The Hall–Kier alpha value is -1.35. The molecule has 1 heterocycles. The second-order valence-electron chi connectivity index (χ2n) is 6.59. The van der Waals surface area contributed by atoms with Gasteiger partial charge in [-0.05, 0) is 56.0 Å². The van der Waals surface area contributed by atoms with Crippen LogP contribution in [0.1, 0.15) is 43.4 Å². The lowest BCUT2D eigenvalue weighted by molar-refractivity contribution is 0.0711. The molecule has 2 nitrogen and oxygen atoms in total. The first-order valence-corrected chi connectivity index (χ1v) is 9.28. The molecular weight excluding hydrogens is 318 g/mol. The van der Waals surface area contributed by atoms with Gasteiger partial charge in [-0.3, -0.25) is 0 Å². The highest BCUT2D eigenvalue weighted by Gasteiger charge is 2.20. The number of hydrogen-bond donors (Lipinski definition) is 0. The molecule has 1 saturated heterocycles. The number of halogens is 1. The van der Waals surface area contributed by atoms with Crippen LogP contribution < -0.4 is 0 Å². The van der Waals surface area contributed by atoms with Crippen LogP contribution >= 0.6 is 11.6 Å². The fraction of sp³-hybridized carbons (Fsp3) is 0.429. The van der Waals surface area contributed by atoms with Gasteiger partial charge in [0.15, 0.2) is 0 Å². The van der Waals surface area contributed by atoms with Crippen molar-refractivity contribution in [2.45, 2.75) is 38.3 Å². The van der Waals surface area contributed by atoms with Crippen molar-refractivity contribution >= 4 is 11.6 Å². The number of hydrogen-bond acceptors (Lipinski definition) is 2. The van der Waals surface area contributed by atoms with E-state index < -0.39 is 0 Å². The fourth-order valence-corrected chi connectivity index (χ4v) is 3.57. The van der Waals surface area contributed by atoms with Gasteiger partial charge in [0, 0.05) is 24.2 Å². The Balaban J connectivity index is 1.61. The second kappa shape index (κ2) is 8.66. The molecule has 1 aliphatic heterocycles. The second-order valence-corrected chi connectivity index (χ2v) is 7.03. The van der Waals surface area contributed by atoms with E-state index in [9.17, 15) is 0 Å². The molecule has 0 aliphatic carbocycles. The standard InChI is InChI=1S/C21H26ClNO/c1-17-7-5-14-23(17)15-6-16-24-21(18-8-3-2-4-9-18)19-10-12-20(22)13-11-19/h2-4,8-13,17,21H,5-7,14-16H2,1H3/t17-,21?/m0/s1. The maximum absolute atomic E-state index is 6.28. The summed E-state index contributed by atoms with van der Waals surface area (Å²) < 4.78 is 6.28. The van der Waals surface area contributed by atoms with Crippen molar-refractivity contribution in [1.29, 1.82) is 0 Å². The van der Waals surface area contributed by atoms with Gasteiger partial charge in [0.25, 0.3) is 0 Å². The van der Waals surface area contributed by atoms with Crippen LogP contribution in [-0.4, -0.2) is 30.6 Å². The third-order valence-corrected chi connectivity index (χ3v) is 5.09. The van der Waals surface area contributed by atoms with E-state index >= 15 is 0 Å². The van der Waals surface area contributed by atoms with Crippen molar-refractivity contribution in [2.75, 3.05) is 19.7 Å². The van der Waals surface area contributed by atoms with Crippen molar-refractivity contribution < 1.29 is 4.74 Å². The van der Waals surface area contributed by atoms with Crippen molar-refractivity contribution in [3.8, 4) is 0 Å². The molecule has 2 atom stereocenters. The molecule has 1 unspecified atom stereocenters. The van der Waals surface area contributed by atoms with Gasteiger partial charge in [-0.1, -0.05) is 54.1 Å². The maximum Gasteiger partial charge on any atom is 0.108 e. The van der Waals surface area contributed by atoms with Gasteiger partial charge in [-0.2, -0.15) is 0 Å². The van der Waals surface area contributed by atoms with Gasteiger partial charge in [-0.25, -0.2) is 0 Å². The molecule has 2 aromatic rings. The third-order valence-electron chi connectivity index (χ3n) is 4.84. The highest BCUT2D eigenvalue weighted by atomic mass is 35.5. The lowest BCUT2D eigenvalue weighted by Gasteiger charge is -2.23. The monoisotopic (exact) mass is 343 g/mol. The maximum atomic E-state index is 6.28. The van der Waals surface area contributed by atoms with Crippen LogP contribution in [0.3, 0.4) is 0 Å². The van der Waals surface area contributed by atoms with Crippen LogP contribution in [0.2, 0.25) is 5.02 Å². The number of nitrogens with zero attached hydrogens (tertiary/aromatic N) is 1. The van der Waals surface area contributed by atoms with E-state index in [0.717, 1.165) is 36.2 Å². The molecule has 0 aromatic heterocycles. The van der Waals surface area contributed by atoms with E-state index in [2.05, 4.69) is 48.2 Å². The molecule has 128 valence electrons. The largest absolute Gasteiger partial charge is 0.369 e. The SMILES string of the molecule is C[C@H]1CCCN1CCCOC(c1ccccc1)c1ccc(Cl)cc1. The molecular formula is C21H26ClNO. The summed E-state index contributed by atoms with van der Waals surface area (Å²) >= 11 is 6.03. The summed E-state index contributed by atoms with van der Waals surface area (Å²) in [5.74, 6) is 0. The predicted octanol–water partition coefficient (Wildman–Crippen LogP) is 5.32. The third kappa shape index (κ3) is 4.60. The summed E-state index contributed by atoms with van der Waals surface area (Å²) in [6.07, 6.45) is 3.71. The quantitative estimate of drug-likeness (QED) is 0.631. The Morgan fingerprint density at radius 1 is 1.08 bits per heavy atom. The Morgan fingerprint density at radius 2 is 1.79 bits per heavy atom. The van der Waals surface area contributed by atoms with Crippen molar-refractivity contribution in [2.24, 2.45) is 0 Å². The number of benzene rings is 2. The van der Waals surface area contributed by atoms with Crippen LogP contribution in [0, 0.1) is 0 Å². The smallest absolute Gasteiger partial charge is 0.108 e. The van der Waals surface area contributed by atoms with Gasteiger partial charge in [0.05, 0.1) is 0 Å². The number of ether oxygens (including phenoxy) is 1. The van der Waals surface area contributed by atoms with Gasteiger partial charge in [-0.15, -0.1) is 0 Å². The fourth-order valence-electron chi connectivity index (χ4n) is 3.44. The molecule has 0 saturated carbocycles. The Kier molecular flexibility index (Phi) is 6.30. The van der Waals surface area contributed by atoms with Crippen molar-refractivity contribution in [1.82, 2.24) is 4.90 Å². The molecule has 3 heteroatoms. The molecule has 0 N–H and O–H groups in total. The normalized spacial score (nSPS) is 19.5. The Morgan fingerprint density at radius 3 is 2.46 bits per heavy atom. The van der Waals surface area contributed by atoms with Crippen molar-refractivity contribution in [3.05, 3.63) is 70.7 Å². The molecule has 2 aromatic carbocycles. The van der Waals surface area contributed by atoms with E-state index in [1.54, 1.807) is 0 Å². The minimum absolute atomic E-state index is 0.0283. The molecule has 1 aliphatic rings. The first-order chi connectivity index (χ1) is 11.7. The molecule has 1 fully saturated rings. The highest BCUT2D eigenvalue weighted by molar-refractivity contribution is 6.30. The minimum atomic E-state index is -0.0283. The summed E-state index contributed by atoms with van der Waals surface area (Å²) in [5.41, 5.74) is 2.34. The molecule has 3 rings (SSSR count). The number of likely N-dealkylation sites (tertiary alicyclic amines) is 1. The highest BCUT2D eigenvalue weighted by Crippen LogP contribution is 2.27. The average molecular weight is 344 g/mol. The van der Waals surface area contributed by atoms with E-state index in [0.29, 0.717) is 0 Å². The molecule has 24 heavy (non-hydrogen) atoms. The first-order valence-electron chi connectivity index (χ1n) is 8.90. The topological polar surface area (TPSA) is 12.5 Å². The Bertz CT molecular complexity index is 613. The van der Waals surface area contributed by atoms with Crippen molar-refractivity contribution in [3.63, 3.8) is 0 Å². The van der Waals surface area contributed by atoms with E-state index in [1.165, 1.54) is 24.9 Å². The summed E-state index contributed by atoms with van der Waals surface area (Å²) in [4.78, 5) is 2.57. The van der Waals surface area contributed by atoms with E-state index in [1.807, 2.05) is 18.2 Å². The van der Waals surface area contributed by atoms with Crippen LogP contribution in [0.5, 0.6) is 0 Å². The van der Waals surface area contributed by atoms with E-state index in [-0.39, 0.29) is 6.10 Å². The average Bonchev–Trinajstić information content (AvgIpc) is 3.02. The summed E-state index contributed by atoms with van der Waals surface area (Å²) in [6, 6.07) is 19.1. The minimum Gasteiger partial charge on any atom is -0.369 e. The summed E-state index contributed by atoms with van der Waals surface area (Å²) in [6.45, 7) is 5.46. The summed E-state index contributed by atoms with van der Waals surface area (Å²) in [5, 5.41) is 0.758. The molecule has 0 amide bonds. The Labute approximate surface area is 150 Å². The van der Waals surface area contributed by atoms with Crippen LogP contribution in [0.15, 0.2) is 54.6 Å². The van der Waals surface area contributed by atoms with Gasteiger partial charge < -0.3 is 9.64 Å². The zero-order valence-electron chi connectivity index (χ0n) is 14.3. The first kappa shape index (κ1) is 17.5. The molecule has 0 spiro atoms. The van der Waals surface area contributed by atoms with Crippen LogP contribution in [0.25, 0.3) is 0 Å². The lowest BCUT2D eigenvalue weighted by atomic mass is 10.0. The molecule has 0 radical (unpaired) electrons. The zero-order valence-corrected chi connectivity index (χ0v) is 15.1. The van der Waals surface area contributed by atoms with Gasteiger partial charge in [0.1, 0.15) is 6.10 Å². The zero-order chi connectivity index (χ0) is 16.8. The van der Waals surface area contributed by atoms with E-state index in [4.69, 9.17) is 16.3 Å². The number of rotatable bonds is 7. The van der Waals surface area contributed by atoms with Gasteiger partial charge in [0.2, 0.25) is 0 Å². The molecule has 0 bridgehead atoms. The van der Waals surface area contributed by atoms with Crippen LogP contribution in [0.4, 0.5) is 0 Å². The van der Waals surface area contributed by atoms with Gasteiger partial charge >= 0.3 is 0 Å². The van der Waals surface area contributed by atoms with Crippen LogP contribution in [-0.2, 0) is 4.74 Å². The summed E-state index contributed by atoms with van der Waals surface area (Å²) in [7, 11) is 0. The predicted molar refractivity (Wildman–Crippen MR) is 101 cm³/mol.